The van der Waals surface area contributed by atoms with Crippen LogP contribution in [0.25, 0.3) is 10.2 Å². The van der Waals surface area contributed by atoms with Crippen LogP contribution in [-0.2, 0) is 6.54 Å². The van der Waals surface area contributed by atoms with Crippen LogP contribution in [0.15, 0.2) is 54.6 Å². The van der Waals surface area contributed by atoms with Gasteiger partial charge in [-0.3, -0.25) is 9.69 Å². The molecule has 0 radical (unpaired) electrons. The van der Waals surface area contributed by atoms with Crippen LogP contribution in [0.2, 0.25) is 4.34 Å². The molecule has 0 aliphatic carbocycles. The van der Waals surface area contributed by atoms with Gasteiger partial charge in [0, 0.05) is 6.07 Å². The number of carbonyl (C=O) groups excluding carboxylic acids is 1. The van der Waals surface area contributed by atoms with E-state index in [0.29, 0.717) is 19.0 Å². The van der Waals surface area contributed by atoms with Crippen molar-refractivity contribution in [2.75, 3.05) is 4.90 Å². The first kappa shape index (κ1) is 18.0. The van der Waals surface area contributed by atoms with E-state index >= 15 is 0 Å². The van der Waals surface area contributed by atoms with E-state index in [-0.39, 0.29) is 18.0 Å². The largest absolute Gasteiger partial charge is 0.279 e. The smallest absolute Gasteiger partial charge is 0.270 e. The Kier molecular flexibility index (Phi) is 4.90. The summed E-state index contributed by atoms with van der Waals surface area (Å²) >= 11 is 8.19. The lowest BCUT2D eigenvalue weighted by molar-refractivity contribution is 0.0989. The average molecular weight is 421 g/mol. The van der Waals surface area contributed by atoms with Crippen LogP contribution in [0, 0.1) is 11.6 Å². The molecule has 0 spiro atoms. The van der Waals surface area contributed by atoms with E-state index in [1.807, 2.05) is 30.3 Å². The number of carbonyl (C=O) groups is 1. The Hall–Kier alpha value is -2.35. The Morgan fingerprint density at radius 3 is 2.56 bits per heavy atom. The SMILES string of the molecule is O=C(c1ccc(Cl)s1)N(Cc1ccccc1)c1nc2c(F)cc(F)cc2s1. The molecule has 4 aromatic rings. The van der Waals surface area contributed by atoms with Gasteiger partial charge in [0.15, 0.2) is 10.9 Å². The maximum absolute atomic E-state index is 14.1. The molecule has 8 heteroatoms. The highest BCUT2D eigenvalue weighted by Gasteiger charge is 2.24. The van der Waals surface area contributed by atoms with Gasteiger partial charge >= 0.3 is 0 Å². The van der Waals surface area contributed by atoms with Crippen molar-refractivity contribution in [3.05, 3.63) is 81.0 Å². The Bertz CT molecular complexity index is 1130. The Labute approximate surface area is 166 Å². The zero-order chi connectivity index (χ0) is 19.0. The fourth-order valence-corrected chi connectivity index (χ4v) is 4.61. The minimum Gasteiger partial charge on any atom is -0.279 e. The van der Waals surface area contributed by atoms with E-state index in [1.54, 1.807) is 12.1 Å². The van der Waals surface area contributed by atoms with E-state index in [0.717, 1.165) is 34.3 Å². The molecule has 27 heavy (non-hydrogen) atoms. The molecule has 0 unspecified atom stereocenters. The summed E-state index contributed by atoms with van der Waals surface area (Å²) in [5, 5.41) is 0.299. The molecule has 1 amide bonds. The molecule has 0 saturated heterocycles. The second kappa shape index (κ2) is 7.34. The fraction of sp³-hybridized carbons (Fsp3) is 0.0526. The third-order valence-corrected chi connectivity index (χ3v) is 6.09. The van der Waals surface area contributed by atoms with Crippen molar-refractivity contribution in [2.45, 2.75) is 6.54 Å². The number of amides is 1. The third kappa shape index (κ3) is 3.71. The lowest BCUT2D eigenvalue weighted by atomic mass is 10.2. The number of hydrogen-bond acceptors (Lipinski definition) is 4. The highest BCUT2D eigenvalue weighted by molar-refractivity contribution is 7.22. The van der Waals surface area contributed by atoms with Gasteiger partial charge in [0.25, 0.3) is 5.91 Å². The molecule has 2 aromatic heterocycles. The predicted octanol–water partition coefficient (Wildman–Crippen LogP) is 6.14. The molecule has 0 saturated carbocycles. The van der Waals surface area contributed by atoms with E-state index in [9.17, 15) is 13.6 Å². The number of fused-ring (bicyclic) bond motifs is 1. The molecule has 3 nitrogen and oxygen atoms in total. The zero-order valence-electron chi connectivity index (χ0n) is 13.7. The number of anilines is 1. The fourth-order valence-electron chi connectivity index (χ4n) is 2.62. The first-order valence-corrected chi connectivity index (χ1v) is 9.89. The summed E-state index contributed by atoms with van der Waals surface area (Å²) in [5.41, 5.74) is 0.936. The molecule has 4 rings (SSSR count). The van der Waals surface area contributed by atoms with Gasteiger partial charge in [-0.05, 0) is 23.8 Å². The molecule has 0 fully saturated rings. The summed E-state index contributed by atoms with van der Waals surface area (Å²) in [6.07, 6.45) is 0. The maximum atomic E-state index is 14.1. The standard InChI is InChI=1S/C19H11ClF2N2OS2/c20-16-7-6-14(26-16)18(25)24(10-11-4-2-1-3-5-11)19-23-17-13(22)8-12(21)9-15(17)27-19/h1-9H,10H2. The van der Waals surface area contributed by atoms with Gasteiger partial charge in [-0.15, -0.1) is 11.3 Å². The van der Waals surface area contributed by atoms with Gasteiger partial charge in [0.05, 0.1) is 20.5 Å². The Morgan fingerprint density at radius 2 is 1.85 bits per heavy atom. The second-order valence-electron chi connectivity index (χ2n) is 5.71. The van der Waals surface area contributed by atoms with Gasteiger partial charge in [0.1, 0.15) is 11.3 Å². The third-order valence-electron chi connectivity index (χ3n) is 3.85. The average Bonchev–Trinajstić information content (AvgIpc) is 3.26. The predicted molar refractivity (Wildman–Crippen MR) is 106 cm³/mol. The Morgan fingerprint density at radius 1 is 1.07 bits per heavy atom. The van der Waals surface area contributed by atoms with Crippen LogP contribution >= 0.6 is 34.3 Å². The first-order chi connectivity index (χ1) is 13.0. The van der Waals surface area contributed by atoms with Crippen molar-refractivity contribution >= 4 is 55.5 Å². The number of aromatic nitrogens is 1. The lowest BCUT2D eigenvalue weighted by Crippen LogP contribution is -2.29. The molecule has 0 aliphatic rings. The quantitative estimate of drug-likeness (QED) is 0.397. The maximum Gasteiger partial charge on any atom is 0.270 e. The van der Waals surface area contributed by atoms with Crippen molar-refractivity contribution < 1.29 is 13.6 Å². The molecule has 136 valence electrons. The minimum atomic E-state index is -0.751. The summed E-state index contributed by atoms with van der Waals surface area (Å²) in [7, 11) is 0. The number of benzene rings is 2. The van der Waals surface area contributed by atoms with E-state index < -0.39 is 11.6 Å². The van der Waals surface area contributed by atoms with Gasteiger partial charge in [0.2, 0.25) is 0 Å². The molecule has 0 aliphatic heterocycles. The monoisotopic (exact) mass is 420 g/mol. The second-order valence-corrected chi connectivity index (χ2v) is 8.44. The topological polar surface area (TPSA) is 33.2 Å². The number of rotatable bonds is 4. The van der Waals surface area contributed by atoms with Crippen LogP contribution < -0.4 is 4.90 Å². The molecular formula is C19H11ClF2N2OS2. The summed E-state index contributed by atoms with van der Waals surface area (Å²) in [4.78, 5) is 19.2. The molecule has 0 atom stereocenters. The van der Waals surface area contributed by atoms with Crippen molar-refractivity contribution in [2.24, 2.45) is 0 Å². The van der Waals surface area contributed by atoms with Crippen LogP contribution in [0.3, 0.4) is 0 Å². The van der Waals surface area contributed by atoms with Crippen molar-refractivity contribution in [3.63, 3.8) is 0 Å². The summed E-state index contributed by atoms with van der Waals surface area (Å²) in [6, 6.07) is 14.7. The normalized spacial score (nSPS) is 11.1. The van der Waals surface area contributed by atoms with Crippen LogP contribution in [-0.4, -0.2) is 10.9 Å². The summed E-state index contributed by atoms with van der Waals surface area (Å²) in [5.74, 6) is -1.73. The molecule has 2 heterocycles. The van der Waals surface area contributed by atoms with Crippen molar-refractivity contribution in [3.8, 4) is 0 Å². The highest BCUT2D eigenvalue weighted by Crippen LogP contribution is 2.34. The first-order valence-electron chi connectivity index (χ1n) is 7.88. The van der Waals surface area contributed by atoms with Gasteiger partial charge in [-0.25, -0.2) is 13.8 Å². The highest BCUT2D eigenvalue weighted by atomic mass is 35.5. The van der Waals surface area contributed by atoms with E-state index in [4.69, 9.17) is 11.6 Å². The van der Waals surface area contributed by atoms with E-state index in [1.165, 1.54) is 11.0 Å². The number of nitrogens with zero attached hydrogens (tertiary/aromatic N) is 2. The van der Waals surface area contributed by atoms with Gasteiger partial charge in [-0.1, -0.05) is 53.3 Å². The number of thiazole rings is 1. The van der Waals surface area contributed by atoms with E-state index in [2.05, 4.69) is 4.98 Å². The molecule has 0 N–H and O–H groups in total. The van der Waals surface area contributed by atoms with Gasteiger partial charge in [-0.2, -0.15) is 0 Å². The van der Waals surface area contributed by atoms with Crippen molar-refractivity contribution in [1.29, 1.82) is 0 Å². The summed E-state index contributed by atoms with van der Waals surface area (Å²) in [6.45, 7) is 0.249. The van der Waals surface area contributed by atoms with Crippen LogP contribution in [0.4, 0.5) is 13.9 Å². The van der Waals surface area contributed by atoms with Crippen LogP contribution in [0.1, 0.15) is 15.2 Å². The summed E-state index contributed by atoms with van der Waals surface area (Å²) < 4.78 is 28.4. The number of hydrogen-bond donors (Lipinski definition) is 0. The molecule has 2 aromatic carbocycles. The minimum absolute atomic E-state index is 0.0477. The van der Waals surface area contributed by atoms with Crippen LogP contribution in [0.5, 0.6) is 0 Å². The number of halogens is 3. The lowest BCUT2D eigenvalue weighted by Gasteiger charge is -2.19. The Balaban J connectivity index is 1.79. The molecule has 0 bridgehead atoms. The van der Waals surface area contributed by atoms with Crippen molar-refractivity contribution in [1.82, 2.24) is 4.98 Å². The van der Waals surface area contributed by atoms with Gasteiger partial charge < -0.3 is 0 Å². The zero-order valence-corrected chi connectivity index (χ0v) is 16.0. The molecular weight excluding hydrogens is 410 g/mol. The number of thiophene rings is 1.